The Morgan fingerprint density at radius 2 is 2.10 bits per heavy atom. The number of alkyl halides is 1. The van der Waals surface area contributed by atoms with Crippen molar-refractivity contribution in [2.75, 3.05) is 18.9 Å². The molecule has 0 aliphatic rings. The molecule has 1 aromatic heterocycles. The summed E-state index contributed by atoms with van der Waals surface area (Å²) in [4.78, 5) is 26.4. The second kappa shape index (κ2) is 7.72. The fraction of sp³-hybridized carbons (Fsp3) is 0.615. The number of carbonyl (C=O) groups excluding carboxylic acids is 1. The molecule has 0 radical (unpaired) electrons. The van der Waals surface area contributed by atoms with Crippen LogP contribution in [0.3, 0.4) is 0 Å². The number of hydrogen-bond donors (Lipinski definition) is 1. The summed E-state index contributed by atoms with van der Waals surface area (Å²) < 4.78 is 24.8. The van der Waals surface area contributed by atoms with Gasteiger partial charge >= 0.3 is 11.7 Å². The van der Waals surface area contributed by atoms with Gasteiger partial charge in [0.25, 0.3) is 0 Å². The summed E-state index contributed by atoms with van der Waals surface area (Å²) in [5.41, 5.74) is 4.67. The van der Waals surface area contributed by atoms with Gasteiger partial charge in [0.15, 0.2) is 6.23 Å². The lowest BCUT2D eigenvalue weighted by Gasteiger charge is -2.21. The number of nitrogen functional groups attached to an aromatic ring is 1. The molecule has 1 aromatic rings. The van der Waals surface area contributed by atoms with Gasteiger partial charge in [-0.05, 0) is 13.0 Å². The first kappa shape index (κ1) is 17.1. The molecule has 1 rings (SSSR count). The number of ether oxygens (including phenoxy) is 2. The summed E-state index contributed by atoms with van der Waals surface area (Å²) in [6, 6.07) is 1.37. The molecule has 0 fully saturated rings. The van der Waals surface area contributed by atoms with E-state index in [0.717, 1.165) is 4.57 Å². The zero-order valence-corrected chi connectivity index (χ0v) is 12.3. The van der Waals surface area contributed by atoms with Crippen LogP contribution >= 0.6 is 0 Å². The van der Waals surface area contributed by atoms with Crippen LogP contribution in [0.15, 0.2) is 17.1 Å². The van der Waals surface area contributed by atoms with Gasteiger partial charge in [0.2, 0.25) is 0 Å². The molecule has 7 nitrogen and oxygen atoms in total. The number of hydrogen-bond acceptors (Lipinski definition) is 6. The molecule has 8 heteroatoms. The van der Waals surface area contributed by atoms with E-state index < -0.39 is 18.1 Å². The maximum Gasteiger partial charge on any atom is 0.351 e. The van der Waals surface area contributed by atoms with E-state index in [-0.39, 0.29) is 30.9 Å². The van der Waals surface area contributed by atoms with Crippen molar-refractivity contribution < 1.29 is 18.7 Å². The molecule has 0 bridgehead atoms. The van der Waals surface area contributed by atoms with E-state index in [1.807, 2.05) is 0 Å². The van der Waals surface area contributed by atoms with Crippen LogP contribution in [0.5, 0.6) is 0 Å². The minimum Gasteiger partial charge on any atom is -0.463 e. The average Bonchev–Trinajstić information content (AvgIpc) is 2.39. The molecule has 0 aliphatic carbocycles. The molecule has 0 saturated carbocycles. The van der Waals surface area contributed by atoms with E-state index in [9.17, 15) is 14.0 Å². The minimum absolute atomic E-state index is 0.0165. The van der Waals surface area contributed by atoms with Gasteiger partial charge in [0.05, 0.1) is 12.5 Å². The van der Waals surface area contributed by atoms with Gasteiger partial charge in [0.1, 0.15) is 18.6 Å². The highest BCUT2D eigenvalue weighted by Gasteiger charge is 2.21. The minimum atomic E-state index is -1.45. The van der Waals surface area contributed by atoms with Crippen molar-refractivity contribution in [3.63, 3.8) is 0 Å². The number of nitrogens with two attached hydrogens (primary N) is 1. The number of halogens is 1. The summed E-state index contributed by atoms with van der Waals surface area (Å²) >= 11 is 0. The van der Waals surface area contributed by atoms with Gasteiger partial charge in [-0.15, -0.1) is 0 Å². The van der Waals surface area contributed by atoms with Gasteiger partial charge in [0, 0.05) is 6.20 Å². The molecule has 2 atom stereocenters. The lowest BCUT2D eigenvalue weighted by Crippen LogP contribution is -2.33. The van der Waals surface area contributed by atoms with Crippen molar-refractivity contribution in [2.45, 2.75) is 33.2 Å². The summed E-state index contributed by atoms with van der Waals surface area (Å²) in [7, 11) is 0. The molecule has 0 aromatic carbocycles. The summed E-state index contributed by atoms with van der Waals surface area (Å²) in [5, 5.41) is 0. The molecule has 1 heterocycles. The Morgan fingerprint density at radius 3 is 2.62 bits per heavy atom. The molecule has 2 N–H and O–H groups in total. The van der Waals surface area contributed by atoms with E-state index in [0.29, 0.717) is 0 Å². The van der Waals surface area contributed by atoms with Crippen molar-refractivity contribution in [3.8, 4) is 0 Å². The predicted octanol–water partition coefficient (Wildman–Crippen LogP) is 0.898. The fourth-order valence-electron chi connectivity index (χ4n) is 1.53. The lowest BCUT2D eigenvalue weighted by atomic mass is 10.2. The first-order chi connectivity index (χ1) is 9.82. The van der Waals surface area contributed by atoms with Gasteiger partial charge in [-0.3, -0.25) is 9.36 Å². The zero-order valence-electron chi connectivity index (χ0n) is 12.3. The molecule has 0 unspecified atom stereocenters. The number of aromatic nitrogens is 2. The topological polar surface area (TPSA) is 96.4 Å². The third-order valence-electron chi connectivity index (χ3n) is 2.61. The Bertz CT molecular complexity index is 530. The van der Waals surface area contributed by atoms with Crippen molar-refractivity contribution in [3.05, 3.63) is 22.7 Å². The Kier molecular flexibility index (Phi) is 6.29. The normalized spacial score (nSPS) is 14.0. The number of carbonyl (C=O) groups is 1. The quantitative estimate of drug-likeness (QED) is 0.593. The highest BCUT2D eigenvalue weighted by Crippen LogP contribution is 2.14. The summed E-state index contributed by atoms with van der Waals surface area (Å²) in [5.74, 6) is -0.563. The van der Waals surface area contributed by atoms with Crippen LogP contribution in [-0.4, -0.2) is 34.9 Å². The monoisotopic (exact) mass is 301 g/mol. The molecule has 0 aliphatic heterocycles. The van der Waals surface area contributed by atoms with E-state index in [2.05, 4.69) is 4.98 Å². The lowest BCUT2D eigenvalue weighted by molar-refractivity contribution is -0.151. The molecule has 21 heavy (non-hydrogen) atoms. The predicted molar refractivity (Wildman–Crippen MR) is 74.3 cm³/mol. The third kappa shape index (κ3) is 5.14. The van der Waals surface area contributed by atoms with E-state index >= 15 is 0 Å². The van der Waals surface area contributed by atoms with E-state index in [1.54, 1.807) is 13.8 Å². The standard InChI is InChI=1S/C13H20FN3O4/c1-8(2)12(18)21-7-6-20-11(9(3)14)17-5-4-10(15)16-13(17)19/h4-5,8-9,11H,6-7H2,1-3H3,(H2,15,16,19)/t9-,11+/m0/s1. The van der Waals surface area contributed by atoms with Gasteiger partial charge in [-0.1, -0.05) is 13.8 Å². The van der Waals surface area contributed by atoms with Crippen LogP contribution in [0.2, 0.25) is 0 Å². The highest BCUT2D eigenvalue weighted by molar-refractivity contribution is 5.71. The second-order valence-electron chi connectivity index (χ2n) is 4.80. The highest BCUT2D eigenvalue weighted by atomic mass is 19.1. The Hall–Kier alpha value is -1.96. The maximum atomic E-state index is 13.6. The van der Waals surface area contributed by atoms with Crippen LogP contribution in [0, 0.1) is 5.92 Å². The van der Waals surface area contributed by atoms with Crippen molar-refractivity contribution in [1.82, 2.24) is 9.55 Å². The number of esters is 1. The number of nitrogens with zero attached hydrogens (tertiary/aromatic N) is 2. The molecule has 0 amide bonds. The third-order valence-corrected chi connectivity index (χ3v) is 2.61. The smallest absolute Gasteiger partial charge is 0.351 e. The number of rotatable bonds is 7. The summed E-state index contributed by atoms with van der Waals surface area (Å²) in [6.07, 6.45) is -1.29. The Balaban J connectivity index is 2.63. The first-order valence-corrected chi connectivity index (χ1v) is 6.60. The van der Waals surface area contributed by atoms with Crippen LogP contribution in [0.1, 0.15) is 27.0 Å². The van der Waals surface area contributed by atoms with Crippen LogP contribution in [-0.2, 0) is 14.3 Å². The van der Waals surface area contributed by atoms with Crippen LogP contribution < -0.4 is 11.4 Å². The molecule has 0 spiro atoms. The SMILES string of the molecule is CC(C)C(=O)OCCO[C@H]([C@H](C)F)n1ccc(N)nc1=O. The zero-order chi connectivity index (χ0) is 16.0. The molecule has 118 valence electrons. The largest absolute Gasteiger partial charge is 0.463 e. The van der Waals surface area contributed by atoms with Gasteiger partial charge in [-0.2, -0.15) is 4.98 Å². The number of anilines is 1. The summed E-state index contributed by atoms with van der Waals surface area (Å²) in [6.45, 7) is 4.61. The van der Waals surface area contributed by atoms with Gasteiger partial charge in [-0.25, -0.2) is 9.18 Å². The second-order valence-corrected chi connectivity index (χ2v) is 4.80. The van der Waals surface area contributed by atoms with Crippen LogP contribution in [0.4, 0.5) is 10.2 Å². The molecular weight excluding hydrogens is 281 g/mol. The molecular formula is C13H20FN3O4. The van der Waals surface area contributed by atoms with E-state index in [4.69, 9.17) is 15.2 Å². The van der Waals surface area contributed by atoms with Crippen molar-refractivity contribution in [1.29, 1.82) is 0 Å². The van der Waals surface area contributed by atoms with Gasteiger partial charge < -0.3 is 15.2 Å². The first-order valence-electron chi connectivity index (χ1n) is 6.60. The van der Waals surface area contributed by atoms with E-state index in [1.165, 1.54) is 19.2 Å². The van der Waals surface area contributed by atoms with Crippen molar-refractivity contribution >= 4 is 11.8 Å². The maximum absolute atomic E-state index is 13.6. The Morgan fingerprint density at radius 1 is 1.43 bits per heavy atom. The van der Waals surface area contributed by atoms with Crippen molar-refractivity contribution in [2.24, 2.45) is 5.92 Å². The Labute approximate surface area is 121 Å². The molecule has 0 saturated heterocycles. The fourth-order valence-corrected chi connectivity index (χ4v) is 1.53. The average molecular weight is 301 g/mol. The van der Waals surface area contributed by atoms with Crippen LogP contribution in [0.25, 0.3) is 0 Å².